The third-order valence-electron chi connectivity index (χ3n) is 12.7. The van der Waals surface area contributed by atoms with Gasteiger partial charge in [-0.3, -0.25) is 0 Å². The van der Waals surface area contributed by atoms with Gasteiger partial charge in [0.1, 0.15) is 22.3 Å². The van der Waals surface area contributed by atoms with Gasteiger partial charge in [-0.05, 0) is 122 Å². The number of anilines is 3. The van der Waals surface area contributed by atoms with Gasteiger partial charge in [0.25, 0.3) is 0 Å². The van der Waals surface area contributed by atoms with E-state index in [1.807, 2.05) is 24.3 Å². The summed E-state index contributed by atoms with van der Waals surface area (Å²) in [6, 6.07) is 71.9. The number of hydrogen-bond acceptors (Lipinski definition) is 3. The SMILES string of the molecule is CC1(C)c2ccccc2-c2cc(-c3ccc(N(c4ccc(-c5cccc6oc7ccccc7c56)cc4)c4ccc(-c5cccc6oc7ccccc7c56)cc4)cc3)ccc21. The topological polar surface area (TPSA) is 29.5 Å². The molecule has 0 radical (unpaired) electrons. The third-order valence-corrected chi connectivity index (χ3v) is 12.7. The summed E-state index contributed by atoms with van der Waals surface area (Å²) >= 11 is 0. The molecule has 9 aromatic carbocycles. The van der Waals surface area contributed by atoms with Crippen molar-refractivity contribution in [3.8, 4) is 44.5 Å². The van der Waals surface area contributed by atoms with Crippen molar-refractivity contribution in [3.05, 3.63) is 211 Å². The van der Waals surface area contributed by atoms with Crippen molar-refractivity contribution in [2.24, 2.45) is 0 Å². The molecule has 0 atom stereocenters. The lowest BCUT2D eigenvalue weighted by Crippen LogP contribution is -2.14. The Labute approximate surface area is 348 Å². The number of rotatable bonds is 6. The second kappa shape index (κ2) is 13.2. The number of furan rings is 2. The summed E-state index contributed by atoms with van der Waals surface area (Å²) in [6.07, 6.45) is 0. The summed E-state index contributed by atoms with van der Waals surface area (Å²) in [7, 11) is 0. The molecule has 0 amide bonds. The molecule has 0 saturated carbocycles. The maximum absolute atomic E-state index is 6.25. The van der Waals surface area contributed by atoms with Gasteiger partial charge in [-0.2, -0.15) is 0 Å². The first-order valence-electron chi connectivity index (χ1n) is 20.7. The lowest BCUT2D eigenvalue weighted by atomic mass is 9.82. The molecular formula is C57H39NO2. The zero-order chi connectivity index (χ0) is 40.0. The number of para-hydroxylation sites is 2. The second-order valence-corrected chi connectivity index (χ2v) is 16.5. The summed E-state index contributed by atoms with van der Waals surface area (Å²) in [5.41, 5.74) is 19.3. The molecular weight excluding hydrogens is 731 g/mol. The Morgan fingerprint density at radius 3 is 1.30 bits per heavy atom. The van der Waals surface area contributed by atoms with Gasteiger partial charge in [0.15, 0.2) is 0 Å². The largest absolute Gasteiger partial charge is 0.456 e. The summed E-state index contributed by atoms with van der Waals surface area (Å²) < 4.78 is 12.5. The highest BCUT2D eigenvalue weighted by atomic mass is 16.3. The zero-order valence-electron chi connectivity index (χ0n) is 33.3. The van der Waals surface area contributed by atoms with Crippen LogP contribution in [0.2, 0.25) is 0 Å². The molecule has 0 saturated heterocycles. The molecule has 0 unspecified atom stereocenters. The fourth-order valence-corrected chi connectivity index (χ4v) is 9.76. The second-order valence-electron chi connectivity index (χ2n) is 16.5. The number of hydrogen-bond donors (Lipinski definition) is 0. The van der Waals surface area contributed by atoms with Gasteiger partial charge >= 0.3 is 0 Å². The molecule has 2 aromatic heterocycles. The van der Waals surface area contributed by atoms with E-state index in [4.69, 9.17) is 8.83 Å². The molecule has 11 aromatic rings. The standard InChI is InChI=1S/C57H39NO2/c1-57(2)49-16-6-3-11-45(49)48-35-39(27-34-50(48)57)36-21-28-40(29-22-36)58(41-30-23-37(24-31-41)43-14-9-19-53-55(43)46-12-4-7-17-51(46)59-53)42-32-25-38(26-33-42)44-15-10-20-54-56(44)47-13-5-8-18-52(47)60-54/h3-35H,1-2H3. The predicted octanol–water partition coefficient (Wildman–Crippen LogP) is 16.3. The number of benzene rings is 9. The normalized spacial score (nSPS) is 13.0. The average molecular weight is 770 g/mol. The van der Waals surface area contributed by atoms with Crippen molar-refractivity contribution in [2.45, 2.75) is 19.3 Å². The summed E-state index contributed by atoms with van der Waals surface area (Å²) in [6.45, 7) is 4.67. The molecule has 0 fully saturated rings. The van der Waals surface area contributed by atoms with Crippen LogP contribution in [0.15, 0.2) is 209 Å². The highest BCUT2D eigenvalue weighted by Gasteiger charge is 2.35. The van der Waals surface area contributed by atoms with Crippen LogP contribution < -0.4 is 4.90 Å². The van der Waals surface area contributed by atoms with E-state index in [-0.39, 0.29) is 5.41 Å². The van der Waals surface area contributed by atoms with Crippen LogP contribution in [-0.4, -0.2) is 0 Å². The molecule has 12 rings (SSSR count). The molecule has 0 aliphatic heterocycles. The molecule has 2 heterocycles. The minimum Gasteiger partial charge on any atom is -0.456 e. The molecule has 3 heteroatoms. The van der Waals surface area contributed by atoms with Crippen molar-refractivity contribution in [1.82, 2.24) is 0 Å². The molecule has 284 valence electrons. The van der Waals surface area contributed by atoms with E-state index in [0.29, 0.717) is 0 Å². The molecule has 3 nitrogen and oxygen atoms in total. The lowest BCUT2D eigenvalue weighted by Gasteiger charge is -2.26. The van der Waals surface area contributed by atoms with Crippen LogP contribution >= 0.6 is 0 Å². The molecule has 0 spiro atoms. The maximum atomic E-state index is 6.25. The van der Waals surface area contributed by atoms with Crippen LogP contribution in [0.4, 0.5) is 17.1 Å². The van der Waals surface area contributed by atoms with Crippen LogP contribution in [0.3, 0.4) is 0 Å². The fraction of sp³-hybridized carbons (Fsp3) is 0.0526. The summed E-state index contributed by atoms with van der Waals surface area (Å²) in [4.78, 5) is 2.35. The quantitative estimate of drug-likeness (QED) is 0.169. The summed E-state index contributed by atoms with van der Waals surface area (Å²) in [5.74, 6) is 0. The number of fused-ring (bicyclic) bond motifs is 9. The molecule has 0 N–H and O–H groups in total. The van der Waals surface area contributed by atoms with Crippen LogP contribution in [0.5, 0.6) is 0 Å². The van der Waals surface area contributed by atoms with Crippen LogP contribution in [-0.2, 0) is 5.41 Å². The summed E-state index contributed by atoms with van der Waals surface area (Å²) in [5, 5.41) is 4.54. The van der Waals surface area contributed by atoms with Crippen LogP contribution in [0.1, 0.15) is 25.0 Å². The van der Waals surface area contributed by atoms with E-state index in [9.17, 15) is 0 Å². The maximum Gasteiger partial charge on any atom is 0.136 e. The molecule has 1 aliphatic carbocycles. The van der Waals surface area contributed by atoms with Crippen molar-refractivity contribution < 1.29 is 8.83 Å². The third kappa shape index (κ3) is 5.29. The highest BCUT2D eigenvalue weighted by molar-refractivity contribution is 6.13. The van der Waals surface area contributed by atoms with E-state index >= 15 is 0 Å². The van der Waals surface area contributed by atoms with Gasteiger partial charge < -0.3 is 13.7 Å². The highest BCUT2D eigenvalue weighted by Crippen LogP contribution is 2.50. The van der Waals surface area contributed by atoms with Gasteiger partial charge in [0.2, 0.25) is 0 Å². The number of nitrogens with zero attached hydrogens (tertiary/aromatic N) is 1. The minimum absolute atomic E-state index is 0.0163. The van der Waals surface area contributed by atoms with Gasteiger partial charge in [0, 0.05) is 44.0 Å². The fourth-order valence-electron chi connectivity index (χ4n) is 9.76. The van der Waals surface area contributed by atoms with Gasteiger partial charge in [-0.25, -0.2) is 0 Å². The minimum atomic E-state index is -0.0163. The first-order chi connectivity index (χ1) is 29.5. The molecule has 0 bridgehead atoms. The van der Waals surface area contributed by atoms with Gasteiger partial charge in [-0.15, -0.1) is 0 Å². The van der Waals surface area contributed by atoms with Crippen molar-refractivity contribution in [2.75, 3.05) is 4.90 Å². The zero-order valence-corrected chi connectivity index (χ0v) is 33.3. The van der Waals surface area contributed by atoms with Crippen LogP contribution in [0, 0.1) is 0 Å². The van der Waals surface area contributed by atoms with Crippen molar-refractivity contribution in [1.29, 1.82) is 0 Å². The molecule has 60 heavy (non-hydrogen) atoms. The Morgan fingerprint density at radius 1 is 0.333 bits per heavy atom. The van der Waals surface area contributed by atoms with Crippen molar-refractivity contribution in [3.63, 3.8) is 0 Å². The lowest BCUT2D eigenvalue weighted by molar-refractivity contribution is 0.660. The Hall–Kier alpha value is -7.62. The predicted molar refractivity (Wildman–Crippen MR) is 250 cm³/mol. The first-order valence-corrected chi connectivity index (χ1v) is 20.7. The Bertz CT molecular complexity index is 3280. The Kier molecular flexibility index (Phi) is 7.58. The van der Waals surface area contributed by atoms with Crippen LogP contribution in [0.25, 0.3) is 88.4 Å². The van der Waals surface area contributed by atoms with E-state index < -0.39 is 0 Å². The van der Waals surface area contributed by atoms with Gasteiger partial charge in [0.05, 0.1) is 0 Å². The first kappa shape index (κ1) is 34.4. The van der Waals surface area contributed by atoms with Gasteiger partial charge in [-0.1, -0.05) is 147 Å². The monoisotopic (exact) mass is 769 g/mol. The van der Waals surface area contributed by atoms with E-state index in [1.165, 1.54) is 33.4 Å². The van der Waals surface area contributed by atoms with E-state index in [1.54, 1.807) is 0 Å². The van der Waals surface area contributed by atoms with E-state index in [0.717, 1.165) is 83.2 Å². The molecule has 1 aliphatic rings. The Morgan fingerprint density at radius 2 is 0.750 bits per heavy atom. The van der Waals surface area contributed by atoms with Crippen molar-refractivity contribution >= 4 is 60.9 Å². The smallest absolute Gasteiger partial charge is 0.136 e. The Balaban J connectivity index is 0.949. The average Bonchev–Trinajstić information content (AvgIpc) is 3.95. The van der Waals surface area contributed by atoms with E-state index in [2.05, 4.69) is 195 Å².